The Labute approximate surface area is 193 Å². The fraction of sp³-hybridized carbons (Fsp3) is 0.435. The standard InChI is InChI=1S/C23H28Cl2N2O4/c1-29-19-9-7-17(22(30-2)23(19)31-3)15-26-11-13-27(14-12-26)20(28)10-8-16-5-4-6-18(24)21(16)25/h4-7,9H,8,10-15H2,1-3H3. The second-order valence-corrected chi connectivity index (χ2v) is 8.15. The van der Waals surface area contributed by atoms with Crippen molar-refractivity contribution >= 4 is 29.1 Å². The Bertz CT molecular complexity index is 915. The van der Waals surface area contributed by atoms with Crippen molar-refractivity contribution in [1.29, 1.82) is 0 Å². The number of carbonyl (C=O) groups excluding carboxylic acids is 1. The molecule has 0 bridgehead atoms. The summed E-state index contributed by atoms with van der Waals surface area (Å²) >= 11 is 12.3. The summed E-state index contributed by atoms with van der Waals surface area (Å²) in [6, 6.07) is 9.40. The van der Waals surface area contributed by atoms with E-state index in [0.717, 1.165) is 24.2 Å². The second-order valence-electron chi connectivity index (χ2n) is 7.36. The maximum absolute atomic E-state index is 12.7. The lowest BCUT2D eigenvalue weighted by atomic mass is 10.1. The lowest BCUT2D eigenvalue weighted by molar-refractivity contribution is -0.133. The minimum Gasteiger partial charge on any atom is -0.493 e. The maximum atomic E-state index is 12.7. The van der Waals surface area contributed by atoms with Gasteiger partial charge >= 0.3 is 0 Å². The molecule has 2 aromatic carbocycles. The summed E-state index contributed by atoms with van der Waals surface area (Å²) in [5.74, 6) is 2.05. The molecule has 1 amide bonds. The lowest BCUT2D eigenvalue weighted by Crippen LogP contribution is -2.48. The summed E-state index contributed by atoms with van der Waals surface area (Å²) in [5.41, 5.74) is 1.93. The van der Waals surface area contributed by atoms with Crippen molar-refractivity contribution in [1.82, 2.24) is 9.80 Å². The molecular formula is C23H28Cl2N2O4. The van der Waals surface area contributed by atoms with Crippen LogP contribution in [0.2, 0.25) is 10.0 Å². The van der Waals surface area contributed by atoms with Crippen LogP contribution in [0.3, 0.4) is 0 Å². The van der Waals surface area contributed by atoms with Crippen molar-refractivity contribution in [2.45, 2.75) is 19.4 Å². The van der Waals surface area contributed by atoms with Crippen molar-refractivity contribution in [3.63, 3.8) is 0 Å². The molecule has 0 radical (unpaired) electrons. The van der Waals surface area contributed by atoms with E-state index in [2.05, 4.69) is 4.90 Å². The van der Waals surface area contributed by atoms with E-state index in [9.17, 15) is 4.79 Å². The number of rotatable bonds is 8. The first-order valence-electron chi connectivity index (χ1n) is 10.2. The fourth-order valence-corrected chi connectivity index (χ4v) is 4.24. The fourth-order valence-electron chi connectivity index (χ4n) is 3.83. The van der Waals surface area contributed by atoms with Gasteiger partial charge in [-0.25, -0.2) is 0 Å². The van der Waals surface area contributed by atoms with Gasteiger partial charge in [0.2, 0.25) is 11.7 Å². The number of carbonyl (C=O) groups is 1. The van der Waals surface area contributed by atoms with E-state index in [1.807, 2.05) is 29.2 Å². The highest BCUT2D eigenvalue weighted by Crippen LogP contribution is 2.40. The summed E-state index contributed by atoms with van der Waals surface area (Å²) in [5, 5.41) is 1.05. The summed E-state index contributed by atoms with van der Waals surface area (Å²) < 4.78 is 16.4. The van der Waals surface area contributed by atoms with Gasteiger partial charge in [0, 0.05) is 44.7 Å². The molecule has 31 heavy (non-hydrogen) atoms. The van der Waals surface area contributed by atoms with Crippen LogP contribution < -0.4 is 14.2 Å². The normalized spacial score (nSPS) is 14.4. The third-order valence-corrected chi connectivity index (χ3v) is 6.40. The molecule has 8 heteroatoms. The minimum atomic E-state index is 0.138. The molecule has 168 valence electrons. The minimum absolute atomic E-state index is 0.138. The van der Waals surface area contributed by atoms with Crippen molar-refractivity contribution < 1.29 is 19.0 Å². The molecule has 6 nitrogen and oxygen atoms in total. The number of hydrogen-bond donors (Lipinski definition) is 0. The molecule has 2 aromatic rings. The smallest absolute Gasteiger partial charge is 0.222 e. The maximum Gasteiger partial charge on any atom is 0.222 e. The molecule has 0 N–H and O–H groups in total. The Morgan fingerprint density at radius 3 is 2.26 bits per heavy atom. The molecule has 0 atom stereocenters. The van der Waals surface area contributed by atoms with Gasteiger partial charge in [-0.1, -0.05) is 41.4 Å². The van der Waals surface area contributed by atoms with E-state index in [4.69, 9.17) is 37.4 Å². The molecule has 0 spiro atoms. The van der Waals surface area contributed by atoms with E-state index >= 15 is 0 Å². The van der Waals surface area contributed by atoms with Crippen molar-refractivity contribution in [2.24, 2.45) is 0 Å². The lowest BCUT2D eigenvalue weighted by Gasteiger charge is -2.35. The first-order valence-corrected chi connectivity index (χ1v) is 10.9. The number of aryl methyl sites for hydroxylation is 1. The van der Waals surface area contributed by atoms with Gasteiger partial charge in [-0.15, -0.1) is 0 Å². The van der Waals surface area contributed by atoms with Crippen LogP contribution in [0.25, 0.3) is 0 Å². The molecule has 3 rings (SSSR count). The highest BCUT2D eigenvalue weighted by molar-refractivity contribution is 6.42. The van der Waals surface area contributed by atoms with Crippen molar-refractivity contribution in [2.75, 3.05) is 47.5 Å². The number of benzene rings is 2. The van der Waals surface area contributed by atoms with E-state index in [-0.39, 0.29) is 5.91 Å². The zero-order valence-corrected chi connectivity index (χ0v) is 19.6. The Morgan fingerprint density at radius 1 is 0.903 bits per heavy atom. The van der Waals surface area contributed by atoms with Crippen molar-refractivity contribution in [3.05, 3.63) is 51.5 Å². The van der Waals surface area contributed by atoms with Gasteiger partial charge in [-0.05, 0) is 24.1 Å². The van der Waals surface area contributed by atoms with Crippen LogP contribution in [0.15, 0.2) is 30.3 Å². The van der Waals surface area contributed by atoms with Crippen LogP contribution in [0.5, 0.6) is 17.2 Å². The topological polar surface area (TPSA) is 51.2 Å². The molecule has 0 saturated carbocycles. The number of methoxy groups -OCH3 is 3. The number of ether oxygens (including phenoxy) is 3. The zero-order valence-electron chi connectivity index (χ0n) is 18.1. The second kappa shape index (κ2) is 10.9. The van der Waals surface area contributed by atoms with Gasteiger partial charge in [0.15, 0.2) is 11.5 Å². The average Bonchev–Trinajstić information content (AvgIpc) is 2.79. The van der Waals surface area contributed by atoms with Gasteiger partial charge in [-0.2, -0.15) is 0 Å². The van der Waals surface area contributed by atoms with Crippen molar-refractivity contribution in [3.8, 4) is 17.2 Å². The Balaban J connectivity index is 1.55. The molecular weight excluding hydrogens is 439 g/mol. The Kier molecular flexibility index (Phi) is 8.29. The van der Waals surface area contributed by atoms with Crippen LogP contribution in [0, 0.1) is 0 Å². The Morgan fingerprint density at radius 2 is 1.61 bits per heavy atom. The molecule has 1 fully saturated rings. The van der Waals surface area contributed by atoms with Gasteiger partial charge in [0.05, 0.1) is 31.4 Å². The van der Waals surface area contributed by atoms with Crippen LogP contribution >= 0.6 is 23.2 Å². The molecule has 1 aliphatic rings. The first kappa shape index (κ1) is 23.5. The number of halogens is 2. The SMILES string of the molecule is COc1ccc(CN2CCN(C(=O)CCc3cccc(Cl)c3Cl)CC2)c(OC)c1OC. The number of hydrogen-bond acceptors (Lipinski definition) is 5. The first-order chi connectivity index (χ1) is 15.0. The predicted octanol–water partition coefficient (Wildman–Crippen LogP) is 4.30. The average molecular weight is 467 g/mol. The van der Waals surface area contributed by atoms with E-state index in [0.29, 0.717) is 59.8 Å². The summed E-state index contributed by atoms with van der Waals surface area (Å²) in [7, 11) is 4.84. The van der Waals surface area contributed by atoms with Crippen LogP contribution in [0.1, 0.15) is 17.5 Å². The van der Waals surface area contributed by atoms with Gasteiger partial charge in [0.1, 0.15) is 0 Å². The number of piperazine rings is 1. The molecule has 1 saturated heterocycles. The van der Waals surface area contributed by atoms with E-state index in [1.165, 1.54) is 0 Å². The third kappa shape index (κ3) is 5.56. The number of nitrogens with zero attached hydrogens (tertiary/aromatic N) is 2. The largest absolute Gasteiger partial charge is 0.493 e. The highest BCUT2D eigenvalue weighted by Gasteiger charge is 2.23. The monoisotopic (exact) mass is 466 g/mol. The van der Waals surface area contributed by atoms with Gasteiger partial charge in [0.25, 0.3) is 0 Å². The summed E-state index contributed by atoms with van der Waals surface area (Å²) in [4.78, 5) is 16.9. The van der Waals surface area contributed by atoms with Crippen LogP contribution in [0.4, 0.5) is 0 Å². The highest BCUT2D eigenvalue weighted by atomic mass is 35.5. The molecule has 1 heterocycles. The van der Waals surface area contributed by atoms with E-state index < -0.39 is 0 Å². The predicted molar refractivity (Wildman–Crippen MR) is 123 cm³/mol. The third-order valence-electron chi connectivity index (χ3n) is 5.54. The molecule has 0 aromatic heterocycles. The van der Waals surface area contributed by atoms with E-state index in [1.54, 1.807) is 27.4 Å². The summed E-state index contributed by atoms with van der Waals surface area (Å²) in [6.45, 7) is 3.68. The number of amides is 1. The van der Waals surface area contributed by atoms with Crippen LogP contribution in [-0.4, -0.2) is 63.2 Å². The Hall–Kier alpha value is -2.15. The van der Waals surface area contributed by atoms with Gasteiger partial charge < -0.3 is 19.1 Å². The molecule has 0 unspecified atom stereocenters. The quantitative estimate of drug-likeness (QED) is 0.580. The molecule has 0 aliphatic carbocycles. The molecule has 1 aliphatic heterocycles. The van der Waals surface area contributed by atoms with Crippen LogP contribution in [-0.2, 0) is 17.8 Å². The van der Waals surface area contributed by atoms with Gasteiger partial charge in [-0.3, -0.25) is 9.69 Å². The summed E-state index contributed by atoms with van der Waals surface area (Å²) in [6.07, 6.45) is 1.00. The zero-order chi connectivity index (χ0) is 22.4.